The van der Waals surface area contributed by atoms with Crippen LogP contribution in [0.2, 0.25) is 0 Å². The Kier molecular flexibility index (Phi) is 3.56. The van der Waals surface area contributed by atoms with Crippen LogP contribution >= 0.6 is 0 Å². The highest BCUT2D eigenvalue weighted by Crippen LogP contribution is 2.27. The van der Waals surface area contributed by atoms with Crippen LogP contribution in [0.4, 0.5) is 0 Å². The summed E-state index contributed by atoms with van der Waals surface area (Å²) in [5.41, 5.74) is 4.39. The van der Waals surface area contributed by atoms with Gasteiger partial charge in [0.25, 0.3) is 0 Å². The van der Waals surface area contributed by atoms with E-state index in [9.17, 15) is 0 Å². The van der Waals surface area contributed by atoms with Crippen molar-refractivity contribution in [1.29, 1.82) is 0 Å². The summed E-state index contributed by atoms with van der Waals surface area (Å²) in [5, 5.41) is 0. The van der Waals surface area contributed by atoms with Gasteiger partial charge in [-0.2, -0.15) is 0 Å². The van der Waals surface area contributed by atoms with Gasteiger partial charge in [-0.3, -0.25) is 0 Å². The van der Waals surface area contributed by atoms with E-state index in [0.717, 1.165) is 0 Å². The SMILES string of the molecule is CC(c1ccccc1)c1ccc(C(C)(C)C)cc1. The summed E-state index contributed by atoms with van der Waals surface area (Å²) < 4.78 is 0. The van der Waals surface area contributed by atoms with Crippen molar-refractivity contribution in [3.05, 3.63) is 71.3 Å². The van der Waals surface area contributed by atoms with E-state index in [1.807, 2.05) is 0 Å². The minimum absolute atomic E-state index is 0.231. The zero-order chi connectivity index (χ0) is 13.2. The van der Waals surface area contributed by atoms with Gasteiger partial charge in [-0.15, -0.1) is 0 Å². The van der Waals surface area contributed by atoms with Crippen LogP contribution in [0.5, 0.6) is 0 Å². The fraction of sp³-hybridized carbons (Fsp3) is 0.333. The third kappa shape index (κ3) is 2.81. The zero-order valence-corrected chi connectivity index (χ0v) is 11.8. The molecule has 0 fully saturated rings. The van der Waals surface area contributed by atoms with Crippen molar-refractivity contribution in [1.82, 2.24) is 0 Å². The quantitative estimate of drug-likeness (QED) is 0.680. The smallest absolute Gasteiger partial charge is 0.00610 e. The van der Waals surface area contributed by atoms with E-state index < -0.39 is 0 Å². The second-order valence-electron chi connectivity index (χ2n) is 6.00. The van der Waals surface area contributed by atoms with Crippen LogP contribution in [0.25, 0.3) is 0 Å². The molecule has 0 aromatic heterocycles. The summed E-state index contributed by atoms with van der Waals surface area (Å²) in [6, 6.07) is 19.7. The van der Waals surface area contributed by atoms with E-state index in [1.165, 1.54) is 16.7 Å². The van der Waals surface area contributed by atoms with Gasteiger partial charge in [0.15, 0.2) is 0 Å². The first-order chi connectivity index (χ1) is 8.48. The Morgan fingerprint density at radius 1 is 0.722 bits per heavy atom. The van der Waals surface area contributed by atoms with Gasteiger partial charge in [0, 0.05) is 5.92 Å². The Bertz CT molecular complexity index is 486. The summed E-state index contributed by atoms with van der Waals surface area (Å²) >= 11 is 0. The standard InChI is InChI=1S/C18H22/c1-14(15-8-6-5-7-9-15)16-10-12-17(13-11-16)18(2,3)4/h5-14H,1-4H3. The Balaban J connectivity index is 2.25. The first-order valence-corrected chi connectivity index (χ1v) is 6.64. The van der Waals surface area contributed by atoms with Crippen molar-refractivity contribution in [3.63, 3.8) is 0 Å². The maximum absolute atomic E-state index is 2.27. The molecule has 2 aromatic carbocycles. The number of hydrogen-bond donors (Lipinski definition) is 0. The van der Waals surface area contributed by atoms with Gasteiger partial charge in [-0.25, -0.2) is 0 Å². The molecule has 0 aliphatic heterocycles. The molecule has 0 saturated carbocycles. The molecule has 1 atom stereocenters. The van der Waals surface area contributed by atoms with Crippen LogP contribution in [0, 0.1) is 0 Å². The lowest BCUT2D eigenvalue weighted by atomic mass is 9.85. The van der Waals surface area contributed by atoms with Gasteiger partial charge in [-0.05, 0) is 22.1 Å². The highest BCUT2D eigenvalue weighted by Gasteiger charge is 2.14. The Labute approximate surface area is 111 Å². The summed E-state index contributed by atoms with van der Waals surface area (Å²) in [4.78, 5) is 0. The van der Waals surface area contributed by atoms with Gasteiger partial charge < -0.3 is 0 Å². The van der Waals surface area contributed by atoms with Crippen molar-refractivity contribution in [2.75, 3.05) is 0 Å². The van der Waals surface area contributed by atoms with Gasteiger partial charge in [-0.1, -0.05) is 82.3 Å². The maximum Gasteiger partial charge on any atom is 0.00610 e. The predicted molar refractivity (Wildman–Crippen MR) is 79.1 cm³/mol. The molecule has 1 unspecified atom stereocenters. The first kappa shape index (κ1) is 12.9. The molecule has 0 radical (unpaired) electrons. The molecule has 0 heterocycles. The monoisotopic (exact) mass is 238 g/mol. The van der Waals surface area contributed by atoms with E-state index in [0.29, 0.717) is 5.92 Å². The molecule has 0 N–H and O–H groups in total. The van der Waals surface area contributed by atoms with Crippen molar-refractivity contribution < 1.29 is 0 Å². The largest absolute Gasteiger partial charge is 0.0622 e. The normalized spacial score (nSPS) is 13.3. The zero-order valence-electron chi connectivity index (χ0n) is 11.8. The molecular weight excluding hydrogens is 216 g/mol. The minimum atomic E-state index is 0.231. The summed E-state index contributed by atoms with van der Waals surface area (Å²) in [7, 11) is 0. The van der Waals surface area contributed by atoms with Crippen LogP contribution in [-0.2, 0) is 5.41 Å². The third-order valence-electron chi connectivity index (χ3n) is 3.58. The molecule has 2 rings (SSSR count). The molecule has 0 aliphatic carbocycles. The summed E-state index contributed by atoms with van der Waals surface area (Å²) in [6.45, 7) is 9.02. The van der Waals surface area contributed by atoms with Gasteiger partial charge in [0.1, 0.15) is 0 Å². The van der Waals surface area contributed by atoms with Crippen LogP contribution in [0.3, 0.4) is 0 Å². The van der Waals surface area contributed by atoms with E-state index in [-0.39, 0.29) is 5.41 Å². The Hall–Kier alpha value is -1.56. The van der Waals surface area contributed by atoms with E-state index in [2.05, 4.69) is 82.3 Å². The second-order valence-corrected chi connectivity index (χ2v) is 6.00. The van der Waals surface area contributed by atoms with Crippen LogP contribution in [0.15, 0.2) is 54.6 Å². The van der Waals surface area contributed by atoms with Crippen LogP contribution in [-0.4, -0.2) is 0 Å². The molecule has 0 saturated heterocycles. The van der Waals surface area contributed by atoms with Crippen molar-refractivity contribution in [3.8, 4) is 0 Å². The van der Waals surface area contributed by atoms with Crippen molar-refractivity contribution in [2.24, 2.45) is 0 Å². The average molecular weight is 238 g/mol. The van der Waals surface area contributed by atoms with Gasteiger partial charge in [0.2, 0.25) is 0 Å². The Morgan fingerprint density at radius 3 is 1.72 bits per heavy atom. The van der Waals surface area contributed by atoms with Crippen molar-refractivity contribution >= 4 is 0 Å². The third-order valence-corrected chi connectivity index (χ3v) is 3.58. The molecular formula is C18H22. The van der Waals surface area contributed by atoms with Crippen molar-refractivity contribution in [2.45, 2.75) is 39.0 Å². The topological polar surface area (TPSA) is 0 Å². The highest BCUT2D eigenvalue weighted by atomic mass is 14.2. The number of hydrogen-bond acceptors (Lipinski definition) is 0. The first-order valence-electron chi connectivity index (χ1n) is 6.64. The molecule has 2 aromatic rings. The predicted octanol–water partition coefficient (Wildman–Crippen LogP) is 5.14. The number of rotatable bonds is 2. The lowest BCUT2D eigenvalue weighted by Crippen LogP contribution is -2.11. The highest BCUT2D eigenvalue weighted by molar-refractivity contribution is 5.35. The fourth-order valence-corrected chi connectivity index (χ4v) is 2.21. The molecule has 0 bridgehead atoms. The fourth-order valence-electron chi connectivity index (χ4n) is 2.21. The Morgan fingerprint density at radius 2 is 1.22 bits per heavy atom. The molecule has 0 amide bonds. The maximum atomic E-state index is 2.27. The molecule has 0 nitrogen and oxygen atoms in total. The van der Waals surface area contributed by atoms with E-state index in [1.54, 1.807) is 0 Å². The average Bonchev–Trinajstić information content (AvgIpc) is 2.38. The second kappa shape index (κ2) is 4.97. The summed E-state index contributed by atoms with van der Waals surface area (Å²) in [6.07, 6.45) is 0. The molecule has 94 valence electrons. The van der Waals surface area contributed by atoms with Gasteiger partial charge >= 0.3 is 0 Å². The molecule has 18 heavy (non-hydrogen) atoms. The molecule has 0 spiro atoms. The van der Waals surface area contributed by atoms with E-state index in [4.69, 9.17) is 0 Å². The van der Waals surface area contributed by atoms with Gasteiger partial charge in [0.05, 0.1) is 0 Å². The minimum Gasteiger partial charge on any atom is -0.0622 e. The van der Waals surface area contributed by atoms with E-state index >= 15 is 0 Å². The summed E-state index contributed by atoms with van der Waals surface area (Å²) in [5.74, 6) is 0.459. The number of benzene rings is 2. The molecule has 0 aliphatic rings. The molecule has 0 heteroatoms. The lowest BCUT2D eigenvalue weighted by Gasteiger charge is -2.20. The van der Waals surface area contributed by atoms with Crippen LogP contribution in [0.1, 0.15) is 50.3 Å². The lowest BCUT2D eigenvalue weighted by molar-refractivity contribution is 0.590. The van der Waals surface area contributed by atoms with Crippen LogP contribution < -0.4 is 0 Å².